The molecule has 3 rings (SSSR count). The van der Waals surface area contributed by atoms with Gasteiger partial charge >= 0.3 is 0 Å². The molecule has 0 fully saturated rings. The van der Waals surface area contributed by atoms with Crippen LogP contribution in [0.25, 0.3) is 22.5 Å². The van der Waals surface area contributed by atoms with E-state index in [4.69, 9.17) is 9.47 Å². The van der Waals surface area contributed by atoms with Gasteiger partial charge in [0.05, 0.1) is 25.6 Å². The summed E-state index contributed by atoms with van der Waals surface area (Å²) >= 11 is 0. The third-order valence-electron chi connectivity index (χ3n) is 3.36. The third kappa shape index (κ3) is 2.91. The highest BCUT2D eigenvalue weighted by atomic mass is 16.5. The van der Waals surface area contributed by atoms with Crippen LogP contribution in [0.4, 0.5) is 0 Å². The van der Waals surface area contributed by atoms with E-state index in [0.717, 1.165) is 28.3 Å². The molecule has 0 saturated carbocycles. The fourth-order valence-corrected chi connectivity index (χ4v) is 2.21. The fourth-order valence-electron chi connectivity index (χ4n) is 2.21. The van der Waals surface area contributed by atoms with Crippen molar-refractivity contribution in [3.05, 3.63) is 60.8 Å². The predicted molar refractivity (Wildman–Crippen MR) is 86.0 cm³/mol. The fraction of sp³-hybridized carbons (Fsp3) is 0.111. The minimum absolute atomic E-state index is 0.564. The van der Waals surface area contributed by atoms with Crippen LogP contribution in [0.3, 0.4) is 0 Å². The van der Waals surface area contributed by atoms with Crippen molar-refractivity contribution in [3.63, 3.8) is 0 Å². The maximum absolute atomic E-state index is 5.32. The second-order valence-corrected chi connectivity index (χ2v) is 4.73. The zero-order valence-electron chi connectivity index (χ0n) is 12.5. The normalized spacial score (nSPS) is 10.3. The summed E-state index contributed by atoms with van der Waals surface area (Å²) in [4.78, 5) is 8.82. The molecule has 0 radical (unpaired) electrons. The van der Waals surface area contributed by atoms with E-state index in [1.54, 1.807) is 20.4 Å². The topological polar surface area (TPSA) is 44.2 Å². The number of hydrogen-bond donors (Lipinski definition) is 0. The third-order valence-corrected chi connectivity index (χ3v) is 3.36. The quantitative estimate of drug-likeness (QED) is 0.733. The van der Waals surface area contributed by atoms with E-state index in [9.17, 15) is 0 Å². The molecule has 0 aliphatic carbocycles. The predicted octanol–water partition coefficient (Wildman–Crippen LogP) is 3.83. The Labute approximate surface area is 129 Å². The van der Waals surface area contributed by atoms with Crippen molar-refractivity contribution >= 4 is 0 Å². The first kappa shape index (κ1) is 14.1. The second-order valence-electron chi connectivity index (χ2n) is 4.73. The number of benzene rings is 1. The highest BCUT2D eigenvalue weighted by molar-refractivity contribution is 5.70. The van der Waals surface area contributed by atoms with E-state index >= 15 is 0 Å². The van der Waals surface area contributed by atoms with Crippen molar-refractivity contribution < 1.29 is 9.47 Å². The van der Waals surface area contributed by atoms with Gasteiger partial charge in [-0.2, -0.15) is 0 Å². The van der Waals surface area contributed by atoms with Crippen molar-refractivity contribution in [3.8, 4) is 34.1 Å². The molecule has 3 aromatic rings. The lowest BCUT2D eigenvalue weighted by molar-refractivity contribution is 0.398. The first-order valence-corrected chi connectivity index (χ1v) is 6.92. The first-order chi connectivity index (χ1) is 10.8. The Morgan fingerprint density at radius 2 is 1.59 bits per heavy atom. The number of hydrogen-bond acceptors (Lipinski definition) is 4. The zero-order chi connectivity index (χ0) is 15.4. The van der Waals surface area contributed by atoms with Crippen LogP contribution in [0, 0.1) is 0 Å². The molecule has 0 unspecified atom stereocenters. The van der Waals surface area contributed by atoms with Gasteiger partial charge in [0.15, 0.2) is 0 Å². The van der Waals surface area contributed by atoms with Gasteiger partial charge in [-0.25, -0.2) is 4.98 Å². The Hall–Kier alpha value is -2.88. The molecule has 0 saturated heterocycles. The number of ether oxygens (including phenoxy) is 2. The second kappa shape index (κ2) is 6.26. The average Bonchev–Trinajstić information content (AvgIpc) is 2.62. The molecule has 0 spiro atoms. The number of aromatic nitrogens is 2. The summed E-state index contributed by atoms with van der Waals surface area (Å²) in [5.74, 6) is 1.39. The molecule has 0 bridgehead atoms. The van der Waals surface area contributed by atoms with Crippen LogP contribution >= 0.6 is 0 Å². The molecule has 0 aliphatic rings. The summed E-state index contributed by atoms with van der Waals surface area (Å²) < 4.78 is 10.5. The van der Waals surface area contributed by atoms with Gasteiger partial charge in [-0.3, -0.25) is 4.98 Å². The molecule has 110 valence electrons. The van der Waals surface area contributed by atoms with Crippen molar-refractivity contribution in [2.45, 2.75) is 0 Å². The van der Waals surface area contributed by atoms with Crippen LogP contribution in [0.5, 0.6) is 11.6 Å². The summed E-state index contributed by atoms with van der Waals surface area (Å²) in [5, 5.41) is 0. The number of nitrogens with zero attached hydrogens (tertiary/aromatic N) is 2. The van der Waals surface area contributed by atoms with Crippen molar-refractivity contribution in [1.82, 2.24) is 9.97 Å². The maximum Gasteiger partial charge on any atom is 0.214 e. The Balaban J connectivity index is 2.07. The number of methoxy groups -OCH3 is 2. The summed E-state index contributed by atoms with van der Waals surface area (Å²) in [5.41, 5.74) is 3.69. The summed E-state index contributed by atoms with van der Waals surface area (Å²) in [7, 11) is 3.27. The SMILES string of the molecule is COc1ccc(-c2cc(OC)nc(-c3ccccn3)c2)cc1. The van der Waals surface area contributed by atoms with Crippen molar-refractivity contribution in [2.24, 2.45) is 0 Å². The largest absolute Gasteiger partial charge is 0.497 e. The van der Waals surface area contributed by atoms with Crippen LogP contribution < -0.4 is 9.47 Å². The van der Waals surface area contributed by atoms with Crippen LogP contribution in [0.2, 0.25) is 0 Å². The molecule has 0 amide bonds. The lowest BCUT2D eigenvalue weighted by atomic mass is 10.0. The highest BCUT2D eigenvalue weighted by Gasteiger charge is 2.08. The van der Waals surface area contributed by atoms with Crippen LogP contribution in [0.1, 0.15) is 0 Å². The van der Waals surface area contributed by atoms with Gasteiger partial charge in [-0.05, 0) is 41.5 Å². The lowest BCUT2D eigenvalue weighted by Crippen LogP contribution is -1.93. The molecule has 0 N–H and O–H groups in total. The standard InChI is InChI=1S/C18H16N2O2/c1-21-15-8-6-13(7-9-15)14-11-17(20-18(12-14)22-2)16-5-3-4-10-19-16/h3-12H,1-2H3. The van der Waals surface area contributed by atoms with Gasteiger partial charge in [-0.1, -0.05) is 18.2 Å². The van der Waals surface area contributed by atoms with E-state index < -0.39 is 0 Å². The Kier molecular flexibility index (Phi) is 4.01. The molecule has 22 heavy (non-hydrogen) atoms. The molecule has 1 aromatic carbocycles. The highest BCUT2D eigenvalue weighted by Crippen LogP contribution is 2.28. The van der Waals surface area contributed by atoms with E-state index in [1.807, 2.05) is 54.6 Å². The lowest BCUT2D eigenvalue weighted by Gasteiger charge is -2.09. The minimum Gasteiger partial charge on any atom is -0.497 e. The molecule has 4 heteroatoms. The smallest absolute Gasteiger partial charge is 0.214 e. The molecule has 2 aromatic heterocycles. The summed E-state index contributed by atoms with van der Waals surface area (Å²) in [6.45, 7) is 0. The molecule has 0 atom stereocenters. The molecule has 4 nitrogen and oxygen atoms in total. The Morgan fingerprint density at radius 3 is 2.23 bits per heavy atom. The van der Waals surface area contributed by atoms with E-state index in [0.29, 0.717) is 5.88 Å². The summed E-state index contributed by atoms with van der Waals surface area (Å²) in [6.07, 6.45) is 1.75. The Morgan fingerprint density at radius 1 is 0.773 bits per heavy atom. The van der Waals surface area contributed by atoms with Gasteiger partial charge in [0.1, 0.15) is 5.75 Å². The van der Waals surface area contributed by atoms with Gasteiger partial charge in [-0.15, -0.1) is 0 Å². The average molecular weight is 292 g/mol. The van der Waals surface area contributed by atoms with Gasteiger partial charge in [0, 0.05) is 12.3 Å². The van der Waals surface area contributed by atoms with Gasteiger partial charge < -0.3 is 9.47 Å². The molecular formula is C18H16N2O2. The number of rotatable bonds is 4. The van der Waals surface area contributed by atoms with E-state index in [-0.39, 0.29) is 0 Å². The van der Waals surface area contributed by atoms with Crippen molar-refractivity contribution in [1.29, 1.82) is 0 Å². The van der Waals surface area contributed by atoms with Crippen LogP contribution in [-0.2, 0) is 0 Å². The van der Waals surface area contributed by atoms with Crippen LogP contribution in [-0.4, -0.2) is 24.2 Å². The van der Waals surface area contributed by atoms with E-state index in [1.165, 1.54) is 0 Å². The zero-order valence-corrected chi connectivity index (χ0v) is 12.5. The van der Waals surface area contributed by atoms with Gasteiger partial charge in [0.2, 0.25) is 5.88 Å². The minimum atomic E-state index is 0.564. The number of pyridine rings is 2. The summed E-state index contributed by atoms with van der Waals surface area (Å²) in [6, 6.07) is 17.6. The van der Waals surface area contributed by atoms with Crippen molar-refractivity contribution in [2.75, 3.05) is 14.2 Å². The molecular weight excluding hydrogens is 276 g/mol. The first-order valence-electron chi connectivity index (χ1n) is 6.92. The maximum atomic E-state index is 5.32. The van der Waals surface area contributed by atoms with Gasteiger partial charge in [0.25, 0.3) is 0 Å². The molecule has 2 heterocycles. The Bertz CT molecular complexity index is 756. The van der Waals surface area contributed by atoms with Crippen LogP contribution in [0.15, 0.2) is 60.8 Å². The monoisotopic (exact) mass is 292 g/mol. The molecule has 0 aliphatic heterocycles. The van der Waals surface area contributed by atoms with E-state index in [2.05, 4.69) is 9.97 Å².